The molecule has 0 N–H and O–H groups in total. The predicted octanol–water partition coefficient (Wildman–Crippen LogP) is 6.28. The van der Waals surface area contributed by atoms with E-state index in [-0.39, 0.29) is 6.04 Å². The van der Waals surface area contributed by atoms with E-state index in [4.69, 9.17) is 9.73 Å². The zero-order valence-corrected chi connectivity index (χ0v) is 14.9. The van der Waals surface area contributed by atoms with Gasteiger partial charge in [-0.2, -0.15) is 0 Å². The molecule has 2 nitrogen and oxygen atoms in total. The van der Waals surface area contributed by atoms with E-state index >= 15 is 0 Å². The molecular weight excluding hydrogens is 306 g/mol. The fraction of sp³-hybridized carbons (Fsp3) is 0.174. The maximum absolute atomic E-state index is 5.88. The minimum Gasteiger partial charge on any atom is -0.457 e. The van der Waals surface area contributed by atoms with Crippen molar-refractivity contribution in [3.63, 3.8) is 0 Å². The molecule has 0 bridgehead atoms. The highest BCUT2D eigenvalue weighted by Gasteiger charge is 2.06. The van der Waals surface area contributed by atoms with Gasteiger partial charge in [0.15, 0.2) is 0 Å². The van der Waals surface area contributed by atoms with Gasteiger partial charge in [-0.15, -0.1) is 0 Å². The third-order valence-corrected chi connectivity index (χ3v) is 4.16. The van der Waals surface area contributed by atoms with Crippen molar-refractivity contribution in [3.8, 4) is 11.5 Å². The summed E-state index contributed by atoms with van der Waals surface area (Å²) in [5.41, 5.74) is 4.86. The first-order valence-electron chi connectivity index (χ1n) is 8.55. The molecule has 0 radical (unpaired) electrons. The SMILES string of the molecule is Cc1ccc(C(C)N=Cc2cccc(Oc3ccccc3)c2)c(C)c1. The second-order valence-corrected chi connectivity index (χ2v) is 6.30. The normalized spacial score (nSPS) is 12.3. The van der Waals surface area contributed by atoms with Crippen LogP contribution in [0.2, 0.25) is 0 Å². The molecule has 1 atom stereocenters. The zero-order chi connectivity index (χ0) is 17.6. The van der Waals surface area contributed by atoms with Gasteiger partial charge in [0, 0.05) is 6.21 Å². The lowest BCUT2D eigenvalue weighted by molar-refractivity contribution is 0.482. The summed E-state index contributed by atoms with van der Waals surface area (Å²) in [6.07, 6.45) is 1.92. The van der Waals surface area contributed by atoms with Crippen molar-refractivity contribution in [1.29, 1.82) is 0 Å². The number of aryl methyl sites for hydroxylation is 2. The van der Waals surface area contributed by atoms with Gasteiger partial charge >= 0.3 is 0 Å². The fourth-order valence-corrected chi connectivity index (χ4v) is 2.86. The molecule has 3 aromatic rings. The van der Waals surface area contributed by atoms with Crippen LogP contribution in [0.4, 0.5) is 0 Å². The standard InChI is InChI=1S/C23H23NO/c1-17-12-13-23(18(2)14-17)19(3)24-16-20-8-7-11-22(15-20)25-21-9-5-4-6-10-21/h4-16,19H,1-3H3. The average molecular weight is 329 g/mol. The van der Waals surface area contributed by atoms with Gasteiger partial charge in [-0.05, 0) is 61.7 Å². The minimum atomic E-state index is 0.124. The number of para-hydroxylation sites is 1. The first-order chi connectivity index (χ1) is 12.1. The van der Waals surface area contributed by atoms with E-state index in [1.807, 2.05) is 60.8 Å². The maximum Gasteiger partial charge on any atom is 0.128 e. The van der Waals surface area contributed by atoms with E-state index in [0.29, 0.717) is 0 Å². The van der Waals surface area contributed by atoms with Crippen molar-refractivity contribution in [1.82, 2.24) is 0 Å². The molecule has 0 saturated heterocycles. The monoisotopic (exact) mass is 329 g/mol. The van der Waals surface area contributed by atoms with E-state index in [2.05, 4.69) is 39.0 Å². The minimum absolute atomic E-state index is 0.124. The van der Waals surface area contributed by atoms with Crippen LogP contribution in [0.3, 0.4) is 0 Å². The first kappa shape index (κ1) is 17.0. The molecule has 0 aliphatic rings. The van der Waals surface area contributed by atoms with Crippen molar-refractivity contribution in [2.45, 2.75) is 26.8 Å². The van der Waals surface area contributed by atoms with Crippen molar-refractivity contribution >= 4 is 6.21 Å². The lowest BCUT2D eigenvalue weighted by Crippen LogP contribution is -1.95. The van der Waals surface area contributed by atoms with Crippen LogP contribution in [0.25, 0.3) is 0 Å². The topological polar surface area (TPSA) is 21.6 Å². The first-order valence-corrected chi connectivity index (χ1v) is 8.55. The van der Waals surface area contributed by atoms with Gasteiger partial charge < -0.3 is 4.74 Å². The molecule has 126 valence electrons. The van der Waals surface area contributed by atoms with Crippen LogP contribution in [0.1, 0.15) is 35.2 Å². The molecule has 3 rings (SSSR count). The number of benzene rings is 3. The lowest BCUT2D eigenvalue weighted by atomic mass is 10.0. The van der Waals surface area contributed by atoms with E-state index < -0.39 is 0 Å². The third-order valence-electron chi connectivity index (χ3n) is 4.16. The third kappa shape index (κ3) is 4.57. The number of nitrogens with zero attached hydrogens (tertiary/aromatic N) is 1. The molecule has 0 spiro atoms. The molecule has 25 heavy (non-hydrogen) atoms. The molecule has 0 saturated carbocycles. The summed E-state index contributed by atoms with van der Waals surface area (Å²) in [6, 6.07) is 24.4. The summed E-state index contributed by atoms with van der Waals surface area (Å²) in [5.74, 6) is 1.65. The second kappa shape index (κ2) is 7.80. The predicted molar refractivity (Wildman–Crippen MR) is 105 cm³/mol. The molecule has 0 aromatic heterocycles. The van der Waals surface area contributed by atoms with Crippen molar-refractivity contribution in [2.24, 2.45) is 4.99 Å². The number of ether oxygens (including phenoxy) is 1. The summed E-state index contributed by atoms with van der Waals surface area (Å²) in [5, 5.41) is 0. The Balaban J connectivity index is 1.74. The van der Waals surface area contributed by atoms with E-state index in [1.165, 1.54) is 16.7 Å². The van der Waals surface area contributed by atoms with E-state index in [0.717, 1.165) is 17.1 Å². The summed E-state index contributed by atoms with van der Waals surface area (Å²) in [4.78, 5) is 4.72. The molecule has 3 aromatic carbocycles. The van der Waals surface area contributed by atoms with Crippen LogP contribution in [-0.4, -0.2) is 6.21 Å². The Bertz CT molecular complexity index is 868. The maximum atomic E-state index is 5.88. The van der Waals surface area contributed by atoms with Crippen LogP contribution >= 0.6 is 0 Å². The molecule has 0 fully saturated rings. The van der Waals surface area contributed by atoms with E-state index in [9.17, 15) is 0 Å². The smallest absolute Gasteiger partial charge is 0.128 e. The Labute approximate surface area is 149 Å². The van der Waals surface area contributed by atoms with Crippen LogP contribution in [0.15, 0.2) is 77.8 Å². The fourth-order valence-electron chi connectivity index (χ4n) is 2.86. The molecule has 0 amide bonds. The average Bonchev–Trinajstić information content (AvgIpc) is 2.61. The molecule has 0 aliphatic carbocycles. The zero-order valence-electron chi connectivity index (χ0n) is 14.9. The number of aliphatic imine (C=N–C) groups is 1. The number of rotatable bonds is 5. The van der Waals surface area contributed by atoms with Gasteiger partial charge in [0.25, 0.3) is 0 Å². The van der Waals surface area contributed by atoms with Crippen molar-refractivity contribution < 1.29 is 4.74 Å². The molecular formula is C23H23NO. The number of hydrogen-bond acceptors (Lipinski definition) is 2. The van der Waals surface area contributed by atoms with Crippen LogP contribution < -0.4 is 4.74 Å². The summed E-state index contributed by atoms with van der Waals surface area (Å²) >= 11 is 0. The highest BCUT2D eigenvalue weighted by Crippen LogP contribution is 2.23. The summed E-state index contributed by atoms with van der Waals surface area (Å²) in [7, 11) is 0. The quantitative estimate of drug-likeness (QED) is 0.505. The van der Waals surface area contributed by atoms with Gasteiger partial charge in [0.05, 0.1) is 6.04 Å². The Hall–Kier alpha value is -2.87. The molecule has 2 heteroatoms. The Kier molecular flexibility index (Phi) is 5.30. The van der Waals surface area contributed by atoms with E-state index in [1.54, 1.807) is 0 Å². The van der Waals surface area contributed by atoms with Gasteiger partial charge in [0.2, 0.25) is 0 Å². The lowest BCUT2D eigenvalue weighted by Gasteiger charge is -2.11. The largest absolute Gasteiger partial charge is 0.457 e. The van der Waals surface area contributed by atoms with Gasteiger partial charge in [-0.3, -0.25) is 4.99 Å². The Morgan fingerprint density at radius 3 is 2.36 bits per heavy atom. The van der Waals surface area contributed by atoms with Crippen molar-refractivity contribution in [2.75, 3.05) is 0 Å². The van der Waals surface area contributed by atoms with Crippen LogP contribution in [-0.2, 0) is 0 Å². The van der Waals surface area contributed by atoms with Gasteiger partial charge in [-0.1, -0.05) is 54.1 Å². The van der Waals surface area contributed by atoms with Crippen molar-refractivity contribution in [3.05, 3.63) is 95.1 Å². The molecule has 1 unspecified atom stereocenters. The van der Waals surface area contributed by atoms with Crippen LogP contribution in [0, 0.1) is 13.8 Å². The summed E-state index contributed by atoms with van der Waals surface area (Å²) < 4.78 is 5.88. The molecule has 0 heterocycles. The van der Waals surface area contributed by atoms with Crippen LogP contribution in [0.5, 0.6) is 11.5 Å². The number of hydrogen-bond donors (Lipinski definition) is 0. The molecule has 0 aliphatic heterocycles. The highest BCUT2D eigenvalue weighted by molar-refractivity contribution is 5.80. The van der Waals surface area contributed by atoms with Gasteiger partial charge in [0.1, 0.15) is 11.5 Å². The Morgan fingerprint density at radius 1 is 0.840 bits per heavy atom. The Morgan fingerprint density at radius 2 is 1.60 bits per heavy atom. The summed E-state index contributed by atoms with van der Waals surface area (Å²) in [6.45, 7) is 6.38. The second-order valence-electron chi connectivity index (χ2n) is 6.30. The van der Waals surface area contributed by atoms with Gasteiger partial charge in [-0.25, -0.2) is 0 Å². The highest BCUT2D eigenvalue weighted by atomic mass is 16.5.